The van der Waals surface area contributed by atoms with E-state index in [9.17, 15) is 4.79 Å². The lowest BCUT2D eigenvalue weighted by Gasteiger charge is -2.09. The van der Waals surface area contributed by atoms with Gasteiger partial charge < -0.3 is 14.5 Å². The highest BCUT2D eigenvalue weighted by molar-refractivity contribution is 5.95. The van der Waals surface area contributed by atoms with E-state index in [0.29, 0.717) is 12.1 Å². The summed E-state index contributed by atoms with van der Waals surface area (Å²) in [5.41, 5.74) is 4.59. The van der Waals surface area contributed by atoms with Crippen LogP contribution >= 0.6 is 0 Å². The number of benzene rings is 1. The maximum Gasteiger partial charge on any atom is 0.253 e. The second kappa shape index (κ2) is 7.52. The van der Waals surface area contributed by atoms with Gasteiger partial charge >= 0.3 is 0 Å². The smallest absolute Gasteiger partial charge is 0.253 e. The number of hydrogen-bond acceptors (Lipinski definition) is 3. The minimum atomic E-state index is -0.0889. The first kappa shape index (κ1) is 17.7. The van der Waals surface area contributed by atoms with Crippen LogP contribution in [0.5, 0.6) is 0 Å². The highest BCUT2D eigenvalue weighted by Gasteiger charge is 2.16. The maximum atomic E-state index is 12.7. The molecule has 3 heterocycles. The van der Waals surface area contributed by atoms with E-state index in [1.54, 1.807) is 18.7 Å². The number of aromatic nitrogens is 4. The van der Waals surface area contributed by atoms with Gasteiger partial charge in [0.15, 0.2) is 0 Å². The van der Waals surface area contributed by atoms with E-state index in [4.69, 9.17) is 0 Å². The standard InChI is InChI=1S/C22H21N5O/c1-16-13-20(17(2)27(16)21-5-3-4-10-24-21)22(28)25-14-18-6-8-19(9-7-18)26-12-11-23-15-26/h3-13,15H,14H2,1-2H3,(H,25,28). The van der Waals surface area contributed by atoms with Crippen LogP contribution in [-0.2, 0) is 6.54 Å². The predicted molar refractivity (Wildman–Crippen MR) is 108 cm³/mol. The Morgan fingerprint density at radius 2 is 1.89 bits per heavy atom. The highest BCUT2D eigenvalue weighted by Crippen LogP contribution is 2.19. The molecule has 140 valence electrons. The summed E-state index contributed by atoms with van der Waals surface area (Å²) in [5.74, 6) is 0.723. The molecule has 4 aromatic rings. The number of rotatable bonds is 5. The SMILES string of the molecule is Cc1cc(C(=O)NCc2ccc(-n3ccnc3)cc2)c(C)n1-c1ccccn1. The van der Waals surface area contributed by atoms with Gasteiger partial charge in [-0.2, -0.15) is 0 Å². The average molecular weight is 371 g/mol. The van der Waals surface area contributed by atoms with Crippen LogP contribution in [0.2, 0.25) is 0 Å². The fourth-order valence-electron chi connectivity index (χ4n) is 3.31. The number of imidazole rings is 1. The lowest BCUT2D eigenvalue weighted by molar-refractivity contribution is 0.0950. The van der Waals surface area contributed by atoms with Gasteiger partial charge in [-0.25, -0.2) is 9.97 Å². The van der Waals surface area contributed by atoms with E-state index >= 15 is 0 Å². The summed E-state index contributed by atoms with van der Waals surface area (Å²) in [6.07, 6.45) is 7.15. The van der Waals surface area contributed by atoms with Crippen LogP contribution in [-0.4, -0.2) is 25.0 Å². The molecule has 0 saturated carbocycles. The van der Waals surface area contributed by atoms with Gasteiger partial charge in [-0.05, 0) is 49.7 Å². The van der Waals surface area contributed by atoms with Crippen LogP contribution in [0.3, 0.4) is 0 Å². The Bertz CT molecular complexity index is 1080. The van der Waals surface area contributed by atoms with E-state index in [2.05, 4.69) is 15.3 Å². The zero-order valence-electron chi connectivity index (χ0n) is 15.8. The zero-order valence-corrected chi connectivity index (χ0v) is 15.8. The third kappa shape index (κ3) is 3.44. The summed E-state index contributed by atoms with van der Waals surface area (Å²) in [7, 11) is 0. The van der Waals surface area contributed by atoms with E-state index in [-0.39, 0.29) is 5.91 Å². The van der Waals surface area contributed by atoms with Crippen molar-refractivity contribution in [1.82, 2.24) is 24.4 Å². The fourth-order valence-corrected chi connectivity index (χ4v) is 3.31. The van der Waals surface area contributed by atoms with Crippen molar-refractivity contribution in [1.29, 1.82) is 0 Å². The lowest BCUT2D eigenvalue weighted by Crippen LogP contribution is -2.23. The molecule has 0 fully saturated rings. The Hall–Kier alpha value is -3.67. The molecule has 0 spiro atoms. The minimum Gasteiger partial charge on any atom is -0.348 e. The van der Waals surface area contributed by atoms with Crippen molar-refractivity contribution in [3.8, 4) is 11.5 Å². The van der Waals surface area contributed by atoms with Crippen molar-refractivity contribution in [2.45, 2.75) is 20.4 Å². The summed E-state index contributed by atoms with van der Waals surface area (Å²) in [5, 5.41) is 3.01. The number of aryl methyl sites for hydroxylation is 1. The molecule has 6 heteroatoms. The van der Waals surface area contributed by atoms with Gasteiger partial charge in [0.25, 0.3) is 5.91 Å². The number of carbonyl (C=O) groups is 1. The van der Waals surface area contributed by atoms with Crippen molar-refractivity contribution < 1.29 is 4.79 Å². The van der Waals surface area contributed by atoms with E-state index in [1.807, 2.05) is 77.7 Å². The largest absolute Gasteiger partial charge is 0.348 e. The second-order valence-electron chi connectivity index (χ2n) is 6.63. The quantitative estimate of drug-likeness (QED) is 0.583. The Labute approximate surface area is 163 Å². The Morgan fingerprint density at radius 1 is 1.07 bits per heavy atom. The van der Waals surface area contributed by atoms with E-state index in [1.165, 1.54) is 0 Å². The molecule has 1 aromatic carbocycles. The molecule has 6 nitrogen and oxygen atoms in total. The minimum absolute atomic E-state index is 0.0889. The van der Waals surface area contributed by atoms with Crippen LogP contribution in [0, 0.1) is 13.8 Å². The molecule has 0 aliphatic rings. The molecule has 0 bridgehead atoms. The summed E-state index contributed by atoms with van der Waals surface area (Å²) >= 11 is 0. The Kier molecular flexibility index (Phi) is 4.76. The van der Waals surface area contributed by atoms with Gasteiger partial charge in [-0.1, -0.05) is 18.2 Å². The second-order valence-corrected chi connectivity index (χ2v) is 6.63. The van der Waals surface area contributed by atoms with Crippen LogP contribution < -0.4 is 5.32 Å². The van der Waals surface area contributed by atoms with Crippen LogP contribution in [0.4, 0.5) is 0 Å². The molecular formula is C22H21N5O. The van der Waals surface area contributed by atoms with Crippen LogP contribution in [0.1, 0.15) is 27.3 Å². The van der Waals surface area contributed by atoms with Gasteiger partial charge in [0.05, 0.1) is 11.9 Å². The molecule has 0 radical (unpaired) electrons. The molecule has 0 saturated heterocycles. The van der Waals surface area contributed by atoms with E-state index < -0.39 is 0 Å². The number of carbonyl (C=O) groups excluding carboxylic acids is 1. The Balaban J connectivity index is 1.47. The first-order chi connectivity index (χ1) is 13.6. The molecular weight excluding hydrogens is 350 g/mol. The van der Waals surface area contributed by atoms with Gasteiger partial charge in [-0.3, -0.25) is 4.79 Å². The molecule has 1 amide bonds. The third-order valence-electron chi connectivity index (χ3n) is 4.75. The van der Waals surface area contributed by atoms with Crippen LogP contribution in [0.15, 0.2) is 73.4 Å². The van der Waals surface area contributed by atoms with Crippen molar-refractivity contribution >= 4 is 5.91 Å². The van der Waals surface area contributed by atoms with Crippen molar-refractivity contribution in [3.05, 3.63) is 96.0 Å². The summed E-state index contributed by atoms with van der Waals surface area (Å²) in [6.45, 7) is 4.39. The van der Waals surface area contributed by atoms with Crippen molar-refractivity contribution in [2.24, 2.45) is 0 Å². The molecule has 0 aliphatic carbocycles. The topological polar surface area (TPSA) is 64.7 Å². The summed E-state index contributed by atoms with van der Waals surface area (Å²) in [4.78, 5) is 21.2. The number of amides is 1. The van der Waals surface area contributed by atoms with Crippen LogP contribution in [0.25, 0.3) is 11.5 Å². The van der Waals surface area contributed by atoms with Crippen molar-refractivity contribution in [2.75, 3.05) is 0 Å². The number of nitrogens with zero attached hydrogens (tertiary/aromatic N) is 4. The summed E-state index contributed by atoms with van der Waals surface area (Å²) < 4.78 is 3.93. The molecule has 0 atom stereocenters. The Morgan fingerprint density at radius 3 is 2.57 bits per heavy atom. The van der Waals surface area contributed by atoms with Gasteiger partial charge in [-0.15, -0.1) is 0 Å². The van der Waals surface area contributed by atoms with Crippen molar-refractivity contribution in [3.63, 3.8) is 0 Å². The predicted octanol–water partition coefficient (Wildman–Crippen LogP) is 3.60. The number of nitrogens with one attached hydrogen (secondary N) is 1. The maximum absolute atomic E-state index is 12.7. The highest BCUT2D eigenvalue weighted by atomic mass is 16.1. The molecule has 4 rings (SSSR count). The zero-order chi connectivity index (χ0) is 19.5. The van der Waals surface area contributed by atoms with E-state index in [0.717, 1.165) is 28.5 Å². The average Bonchev–Trinajstić information content (AvgIpc) is 3.35. The lowest BCUT2D eigenvalue weighted by atomic mass is 10.2. The summed E-state index contributed by atoms with van der Waals surface area (Å²) in [6, 6.07) is 15.7. The van der Waals surface area contributed by atoms with Gasteiger partial charge in [0.1, 0.15) is 5.82 Å². The molecule has 0 aliphatic heterocycles. The molecule has 1 N–H and O–H groups in total. The monoisotopic (exact) mass is 371 g/mol. The molecule has 28 heavy (non-hydrogen) atoms. The third-order valence-corrected chi connectivity index (χ3v) is 4.75. The van der Waals surface area contributed by atoms with Gasteiger partial charge in [0.2, 0.25) is 0 Å². The fraction of sp³-hybridized carbons (Fsp3) is 0.136. The number of pyridine rings is 1. The van der Waals surface area contributed by atoms with Gasteiger partial charge in [0, 0.05) is 42.2 Å². The first-order valence-electron chi connectivity index (χ1n) is 9.09. The molecule has 0 unspecified atom stereocenters. The normalized spacial score (nSPS) is 10.8. The molecule has 3 aromatic heterocycles. The first-order valence-corrected chi connectivity index (χ1v) is 9.09. The number of hydrogen-bond donors (Lipinski definition) is 1.